The Morgan fingerprint density at radius 1 is 1.12 bits per heavy atom. The van der Waals surface area contributed by atoms with Crippen LogP contribution in [0.4, 0.5) is 0 Å². The molecule has 3 heterocycles. The molecule has 0 aliphatic carbocycles. The summed E-state index contributed by atoms with van der Waals surface area (Å²) in [5.74, 6) is -2.05. The van der Waals surface area contributed by atoms with Gasteiger partial charge < -0.3 is 24.5 Å². The van der Waals surface area contributed by atoms with E-state index >= 15 is 0 Å². The molecule has 218 valence electrons. The van der Waals surface area contributed by atoms with Crippen LogP contribution in [0.3, 0.4) is 0 Å². The Morgan fingerprint density at radius 2 is 1.80 bits per heavy atom. The first-order valence-corrected chi connectivity index (χ1v) is 14.5. The molecule has 1 aromatic carbocycles. The molecule has 8 heteroatoms. The fraction of sp³-hybridized carbons (Fsp3) is 0.594. The van der Waals surface area contributed by atoms with Crippen molar-refractivity contribution in [2.75, 3.05) is 26.2 Å². The van der Waals surface area contributed by atoms with Gasteiger partial charge >= 0.3 is 0 Å². The zero-order valence-electron chi connectivity index (χ0n) is 24.5. The first kappa shape index (κ1) is 30.0. The Labute approximate surface area is 238 Å². The molecule has 4 rings (SSSR count). The number of hydrogen-bond acceptors (Lipinski definition) is 5. The molecular formula is C32H45N3O5. The molecule has 0 radical (unpaired) electrons. The molecule has 1 spiro atoms. The van der Waals surface area contributed by atoms with E-state index in [0.29, 0.717) is 45.3 Å². The minimum Gasteiger partial charge on any atom is -0.396 e. The Hall–Kier alpha value is -2.97. The summed E-state index contributed by atoms with van der Waals surface area (Å²) >= 11 is 0. The Morgan fingerprint density at radius 3 is 2.38 bits per heavy atom. The van der Waals surface area contributed by atoms with Crippen molar-refractivity contribution in [3.63, 3.8) is 0 Å². The second kappa shape index (κ2) is 11.5. The van der Waals surface area contributed by atoms with Gasteiger partial charge in [-0.05, 0) is 52.0 Å². The topological polar surface area (TPSA) is 90.4 Å². The second-order valence-electron chi connectivity index (χ2n) is 12.3. The summed E-state index contributed by atoms with van der Waals surface area (Å²) in [6, 6.07) is 8.90. The number of likely N-dealkylation sites (tertiary alicyclic amines) is 1. The molecule has 40 heavy (non-hydrogen) atoms. The fourth-order valence-corrected chi connectivity index (χ4v) is 7.21. The van der Waals surface area contributed by atoms with E-state index in [-0.39, 0.29) is 30.9 Å². The summed E-state index contributed by atoms with van der Waals surface area (Å²) < 4.78 is 6.92. The van der Waals surface area contributed by atoms with E-state index in [1.807, 2.05) is 58.0 Å². The number of carbonyl (C=O) groups is 3. The van der Waals surface area contributed by atoms with E-state index < -0.39 is 34.6 Å². The van der Waals surface area contributed by atoms with Crippen LogP contribution in [-0.2, 0) is 25.7 Å². The number of amides is 3. The number of fused-ring (bicyclic) bond motifs is 1. The van der Waals surface area contributed by atoms with Gasteiger partial charge in [-0.1, -0.05) is 49.4 Å². The average Bonchev–Trinajstić information content (AvgIpc) is 3.53. The molecule has 3 amide bonds. The van der Waals surface area contributed by atoms with E-state index in [9.17, 15) is 19.5 Å². The van der Waals surface area contributed by atoms with E-state index in [1.165, 1.54) is 0 Å². The molecule has 1 aromatic rings. The second-order valence-corrected chi connectivity index (χ2v) is 12.3. The standard InChI is InChI=1S/C32H45N3O5/c1-7-18-33(22-23-14-11-10-12-15-23)27(37)24-25-28(38)34(20-13-21-36)26(29(39)35(19-8-2)30(4,5)6)32(25)17-16-31(24,9-3)40-32/h7-8,10-12,14-15,24-26,36H,1-2,9,13,16-22H2,3-6H3/t24-,25-,26?,31+,32?/m0/s1. The van der Waals surface area contributed by atoms with Gasteiger partial charge in [0, 0.05) is 38.3 Å². The predicted molar refractivity (Wildman–Crippen MR) is 154 cm³/mol. The number of carbonyl (C=O) groups excluding carboxylic acids is 3. The van der Waals surface area contributed by atoms with Gasteiger partial charge in [0.2, 0.25) is 17.7 Å². The van der Waals surface area contributed by atoms with Crippen LogP contribution in [-0.4, -0.2) is 86.6 Å². The minimum absolute atomic E-state index is 0.107. The van der Waals surface area contributed by atoms with Crippen LogP contribution in [0.1, 0.15) is 58.9 Å². The largest absolute Gasteiger partial charge is 0.396 e. The average molecular weight is 552 g/mol. The lowest BCUT2D eigenvalue weighted by Gasteiger charge is -2.42. The molecule has 3 fully saturated rings. The number of rotatable bonds is 12. The van der Waals surface area contributed by atoms with Gasteiger partial charge in [-0.15, -0.1) is 13.2 Å². The number of hydrogen-bond donors (Lipinski definition) is 1. The van der Waals surface area contributed by atoms with Gasteiger partial charge in [0.15, 0.2) is 0 Å². The maximum absolute atomic E-state index is 14.5. The van der Waals surface area contributed by atoms with Crippen molar-refractivity contribution in [1.29, 1.82) is 0 Å². The smallest absolute Gasteiger partial charge is 0.249 e. The molecule has 8 nitrogen and oxygen atoms in total. The molecule has 0 saturated carbocycles. The lowest BCUT2D eigenvalue weighted by atomic mass is 9.64. The maximum atomic E-state index is 14.5. The lowest BCUT2D eigenvalue weighted by Crippen LogP contribution is -2.60. The minimum atomic E-state index is -1.10. The number of nitrogens with zero attached hydrogens (tertiary/aromatic N) is 3. The van der Waals surface area contributed by atoms with E-state index in [2.05, 4.69) is 13.2 Å². The number of aliphatic hydroxyl groups excluding tert-OH is 1. The highest BCUT2D eigenvalue weighted by Gasteiger charge is 2.79. The zero-order valence-corrected chi connectivity index (χ0v) is 24.5. The van der Waals surface area contributed by atoms with E-state index in [0.717, 1.165) is 5.56 Å². The van der Waals surface area contributed by atoms with Crippen LogP contribution in [0.5, 0.6) is 0 Å². The monoisotopic (exact) mass is 551 g/mol. The molecule has 0 aromatic heterocycles. The highest BCUT2D eigenvalue weighted by atomic mass is 16.5. The van der Waals surface area contributed by atoms with Gasteiger partial charge in [0.25, 0.3) is 0 Å². The van der Waals surface area contributed by atoms with Crippen LogP contribution >= 0.6 is 0 Å². The van der Waals surface area contributed by atoms with Crippen LogP contribution < -0.4 is 0 Å². The molecule has 3 aliphatic heterocycles. The molecule has 3 saturated heterocycles. The molecule has 1 N–H and O–H groups in total. The SMILES string of the molecule is C=CCN(Cc1ccccc1)C(=O)[C@@H]1[C@H]2C(=O)N(CCCO)C(C(=O)N(CC=C)C(C)(C)C)C23CC[C@@]1(CC)O3. The van der Waals surface area contributed by atoms with Crippen LogP contribution in [0.2, 0.25) is 0 Å². The first-order valence-electron chi connectivity index (χ1n) is 14.5. The van der Waals surface area contributed by atoms with Crippen molar-refractivity contribution in [3.8, 4) is 0 Å². The molecule has 3 aliphatic rings. The zero-order chi connectivity index (χ0) is 29.3. The maximum Gasteiger partial charge on any atom is 0.249 e. The van der Waals surface area contributed by atoms with Crippen LogP contribution in [0.15, 0.2) is 55.6 Å². The number of aliphatic hydroxyl groups is 1. The van der Waals surface area contributed by atoms with Gasteiger partial charge in [0.1, 0.15) is 11.6 Å². The Bertz CT molecular complexity index is 1130. The van der Waals surface area contributed by atoms with E-state index in [1.54, 1.807) is 26.9 Å². The van der Waals surface area contributed by atoms with Gasteiger partial charge in [0.05, 0.1) is 17.4 Å². The van der Waals surface area contributed by atoms with Crippen molar-refractivity contribution in [2.24, 2.45) is 11.8 Å². The van der Waals surface area contributed by atoms with Crippen LogP contribution in [0.25, 0.3) is 0 Å². The summed E-state index contributed by atoms with van der Waals surface area (Å²) in [7, 11) is 0. The lowest BCUT2D eigenvalue weighted by molar-refractivity contribution is -0.157. The number of benzene rings is 1. The molecular weight excluding hydrogens is 506 g/mol. The summed E-state index contributed by atoms with van der Waals surface area (Å²) in [6.07, 6.45) is 5.43. The third-order valence-corrected chi connectivity index (χ3v) is 9.00. The van der Waals surface area contributed by atoms with Crippen molar-refractivity contribution in [2.45, 2.75) is 82.7 Å². The molecule has 5 atom stereocenters. The summed E-state index contributed by atoms with van der Waals surface area (Å²) in [4.78, 5) is 48.3. The Kier molecular flexibility index (Phi) is 8.62. The fourth-order valence-electron chi connectivity index (χ4n) is 7.21. The van der Waals surface area contributed by atoms with Gasteiger partial charge in [-0.2, -0.15) is 0 Å². The summed E-state index contributed by atoms with van der Waals surface area (Å²) in [6.45, 7) is 16.8. The quantitative estimate of drug-likeness (QED) is 0.402. The molecule has 2 bridgehead atoms. The predicted octanol–water partition coefficient (Wildman–Crippen LogP) is 3.55. The third kappa shape index (κ3) is 4.90. The van der Waals surface area contributed by atoms with E-state index in [4.69, 9.17) is 4.74 Å². The number of ether oxygens (including phenoxy) is 1. The highest BCUT2D eigenvalue weighted by molar-refractivity contribution is 5.99. The summed E-state index contributed by atoms with van der Waals surface area (Å²) in [5, 5.41) is 9.64. The van der Waals surface area contributed by atoms with Gasteiger partial charge in [-0.25, -0.2) is 0 Å². The Balaban J connectivity index is 1.79. The van der Waals surface area contributed by atoms with Crippen molar-refractivity contribution in [3.05, 3.63) is 61.2 Å². The van der Waals surface area contributed by atoms with Crippen molar-refractivity contribution < 1.29 is 24.2 Å². The molecule has 2 unspecified atom stereocenters. The normalized spacial score (nSPS) is 28.9. The first-order chi connectivity index (χ1) is 19.0. The summed E-state index contributed by atoms with van der Waals surface area (Å²) in [5.41, 5.74) is -1.45. The van der Waals surface area contributed by atoms with Gasteiger partial charge in [-0.3, -0.25) is 14.4 Å². The van der Waals surface area contributed by atoms with Crippen molar-refractivity contribution in [1.82, 2.24) is 14.7 Å². The highest BCUT2D eigenvalue weighted by Crippen LogP contribution is 2.64. The van der Waals surface area contributed by atoms with Crippen LogP contribution in [0, 0.1) is 11.8 Å². The van der Waals surface area contributed by atoms with Crippen molar-refractivity contribution >= 4 is 17.7 Å². The third-order valence-electron chi connectivity index (χ3n) is 9.00.